The Morgan fingerprint density at radius 1 is 1.22 bits per heavy atom. The highest BCUT2D eigenvalue weighted by Crippen LogP contribution is 2.24. The molecule has 2 heterocycles. The summed E-state index contributed by atoms with van der Waals surface area (Å²) in [5.74, 6) is 0. The number of aromatic nitrogens is 1. The van der Waals surface area contributed by atoms with Crippen molar-refractivity contribution in [2.45, 2.75) is 39.7 Å². The van der Waals surface area contributed by atoms with Gasteiger partial charge in [-0.1, -0.05) is 0 Å². The van der Waals surface area contributed by atoms with E-state index in [1.54, 1.807) is 0 Å². The Balaban J connectivity index is 2.13. The molecular formula is C15H27N3. The first kappa shape index (κ1) is 13.6. The molecule has 0 aromatic carbocycles. The zero-order valence-corrected chi connectivity index (χ0v) is 12.5. The van der Waals surface area contributed by atoms with Gasteiger partial charge in [-0.3, -0.25) is 4.90 Å². The first-order valence-corrected chi connectivity index (χ1v) is 6.99. The summed E-state index contributed by atoms with van der Waals surface area (Å²) in [6.07, 6.45) is 1.14. The Kier molecular flexibility index (Phi) is 3.83. The number of hydrogen-bond acceptors (Lipinski definition) is 2. The lowest BCUT2D eigenvalue weighted by Crippen LogP contribution is -2.54. The fraction of sp³-hybridized carbons (Fsp3) is 0.733. The summed E-state index contributed by atoms with van der Waals surface area (Å²) in [7, 11) is 2.16. The average molecular weight is 249 g/mol. The minimum Gasteiger partial charge on any atom is -0.352 e. The van der Waals surface area contributed by atoms with Gasteiger partial charge in [-0.2, -0.15) is 0 Å². The van der Waals surface area contributed by atoms with Crippen LogP contribution < -0.4 is 5.32 Å². The SMILES string of the molecule is Cc1cc(CC(C)(C)N2CCNCC2)c(C)n1C. The van der Waals surface area contributed by atoms with Crippen LogP contribution in [0.25, 0.3) is 0 Å². The topological polar surface area (TPSA) is 20.2 Å². The molecule has 0 unspecified atom stereocenters. The first-order valence-electron chi connectivity index (χ1n) is 6.99. The molecule has 0 spiro atoms. The monoisotopic (exact) mass is 249 g/mol. The molecule has 0 aliphatic carbocycles. The Hall–Kier alpha value is -0.800. The fourth-order valence-electron chi connectivity index (χ4n) is 2.96. The summed E-state index contributed by atoms with van der Waals surface area (Å²) in [6, 6.07) is 2.35. The Morgan fingerprint density at radius 2 is 1.83 bits per heavy atom. The van der Waals surface area contributed by atoms with Crippen molar-refractivity contribution in [2.75, 3.05) is 26.2 Å². The van der Waals surface area contributed by atoms with Gasteiger partial charge in [0.15, 0.2) is 0 Å². The van der Waals surface area contributed by atoms with Crippen LogP contribution in [0.15, 0.2) is 6.07 Å². The third-order valence-corrected chi connectivity index (χ3v) is 4.48. The van der Waals surface area contributed by atoms with E-state index >= 15 is 0 Å². The van der Waals surface area contributed by atoms with E-state index in [1.165, 1.54) is 17.0 Å². The summed E-state index contributed by atoms with van der Waals surface area (Å²) in [5.41, 5.74) is 4.52. The third kappa shape index (κ3) is 2.62. The van der Waals surface area contributed by atoms with Crippen molar-refractivity contribution in [3.63, 3.8) is 0 Å². The summed E-state index contributed by atoms with van der Waals surface area (Å²) in [5, 5.41) is 3.43. The van der Waals surface area contributed by atoms with Gasteiger partial charge in [0.1, 0.15) is 0 Å². The van der Waals surface area contributed by atoms with Crippen LogP contribution in [0.2, 0.25) is 0 Å². The Labute approximate surface area is 111 Å². The molecule has 1 aromatic rings. The minimum absolute atomic E-state index is 0.251. The molecule has 1 N–H and O–H groups in total. The van der Waals surface area contributed by atoms with Gasteiger partial charge in [0, 0.05) is 50.2 Å². The standard InChI is InChI=1S/C15H27N3/c1-12-10-14(13(2)17(12)5)11-15(3,4)18-8-6-16-7-9-18/h10,16H,6-9,11H2,1-5H3. The Morgan fingerprint density at radius 3 is 2.33 bits per heavy atom. The molecule has 1 saturated heterocycles. The van der Waals surface area contributed by atoms with Gasteiger partial charge in [-0.25, -0.2) is 0 Å². The lowest BCUT2D eigenvalue weighted by molar-refractivity contribution is 0.103. The second kappa shape index (κ2) is 5.06. The predicted octanol–water partition coefficient (Wildman–Crippen LogP) is 1.87. The molecule has 1 fully saturated rings. The molecule has 0 saturated carbocycles. The number of hydrogen-bond donors (Lipinski definition) is 1. The van der Waals surface area contributed by atoms with Crippen LogP contribution in [-0.2, 0) is 13.5 Å². The third-order valence-electron chi connectivity index (χ3n) is 4.48. The minimum atomic E-state index is 0.251. The van der Waals surface area contributed by atoms with Crippen LogP contribution in [0.1, 0.15) is 30.8 Å². The molecule has 0 atom stereocenters. The quantitative estimate of drug-likeness (QED) is 0.882. The van der Waals surface area contributed by atoms with Crippen molar-refractivity contribution in [3.05, 3.63) is 23.0 Å². The van der Waals surface area contributed by atoms with E-state index in [0.29, 0.717) is 0 Å². The second-order valence-electron chi connectivity index (χ2n) is 6.18. The fourth-order valence-corrected chi connectivity index (χ4v) is 2.96. The van der Waals surface area contributed by atoms with Gasteiger partial charge in [-0.05, 0) is 45.7 Å². The highest BCUT2D eigenvalue weighted by Gasteiger charge is 2.29. The average Bonchev–Trinajstić information content (AvgIpc) is 2.58. The number of aryl methyl sites for hydroxylation is 1. The van der Waals surface area contributed by atoms with Crippen molar-refractivity contribution >= 4 is 0 Å². The number of nitrogens with one attached hydrogen (secondary N) is 1. The molecular weight excluding hydrogens is 222 g/mol. The highest BCUT2D eigenvalue weighted by atomic mass is 15.2. The molecule has 18 heavy (non-hydrogen) atoms. The molecule has 1 aromatic heterocycles. The summed E-state index contributed by atoms with van der Waals surface area (Å²) in [4.78, 5) is 2.62. The van der Waals surface area contributed by atoms with E-state index in [9.17, 15) is 0 Å². The van der Waals surface area contributed by atoms with E-state index in [1.807, 2.05) is 0 Å². The molecule has 0 bridgehead atoms. The van der Waals surface area contributed by atoms with Crippen LogP contribution in [-0.4, -0.2) is 41.2 Å². The predicted molar refractivity (Wildman–Crippen MR) is 77.1 cm³/mol. The van der Waals surface area contributed by atoms with Gasteiger partial charge in [0.25, 0.3) is 0 Å². The molecule has 2 rings (SSSR count). The number of piperazine rings is 1. The van der Waals surface area contributed by atoms with Gasteiger partial charge in [0.05, 0.1) is 0 Å². The van der Waals surface area contributed by atoms with E-state index in [2.05, 4.69) is 55.6 Å². The van der Waals surface area contributed by atoms with Crippen LogP contribution in [0.5, 0.6) is 0 Å². The van der Waals surface area contributed by atoms with Crippen molar-refractivity contribution in [1.82, 2.24) is 14.8 Å². The lowest BCUT2D eigenvalue weighted by atomic mass is 9.92. The van der Waals surface area contributed by atoms with Gasteiger partial charge in [0.2, 0.25) is 0 Å². The van der Waals surface area contributed by atoms with Crippen LogP contribution in [0.3, 0.4) is 0 Å². The molecule has 102 valence electrons. The molecule has 1 aliphatic heterocycles. The zero-order chi connectivity index (χ0) is 13.3. The maximum atomic E-state index is 3.43. The maximum absolute atomic E-state index is 3.43. The van der Waals surface area contributed by atoms with Crippen molar-refractivity contribution < 1.29 is 0 Å². The summed E-state index contributed by atoms with van der Waals surface area (Å²) in [6.45, 7) is 13.7. The Bertz CT molecular complexity index is 412. The number of nitrogens with zero attached hydrogens (tertiary/aromatic N) is 2. The van der Waals surface area contributed by atoms with Crippen LogP contribution in [0.4, 0.5) is 0 Å². The van der Waals surface area contributed by atoms with E-state index < -0.39 is 0 Å². The van der Waals surface area contributed by atoms with Crippen molar-refractivity contribution in [3.8, 4) is 0 Å². The smallest absolute Gasteiger partial charge is 0.0195 e. The van der Waals surface area contributed by atoms with Gasteiger partial charge in [-0.15, -0.1) is 0 Å². The maximum Gasteiger partial charge on any atom is 0.0195 e. The largest absolute Gasteiger partial charge is 0.352 e. The normalized spacial score (nSPS) is 18.3. The second-order valence-corrected chi connectivity index (χ2v) is 6.18. The summed E-state index contributed by atoms with van der Waals surface area (Å²) >= 11 is 0. The van der Waals surface area contributed by atoms with Crippen LogP contribution >= 0.6 is 0 Å². The van der Waals surface area contributed by atoms with Gasteiger partial charge >= 0.3 is 0 Å². The lowest BCUT2D eigenvalue weighted by Gasteiger charge is -2.41. The zero-order valence-electron chi connectivity index (χ0n) is 12.5. The molecule has 3 nitrogen and oxygen atoms in total. The molecule has 0 amide bonds. The van der Waals surface area contributed by atoms with Gasteiger partial charge < -0.3 is 9.88 Å². The molecule has 3 heteroatoms. The van der Waals surface area contributed by atoms with Crippen molar-refractivity contribution in [1.29, 1.82) is 0 Å². The number of rotatable bonds is 3. The van der Waals surface area contributed by atoms with E-state index in [4.69, 9.17) is 0 Å². The highest BCUT2D eigenvalue weighted by molar-refractivity contribution is 5.28. The molecule has 0 radical (unpaired) electrons. The first-order chi connectivity index (χ1) is 8.42. The van der Waals surface area contributed by atoms with Crippen LogP contribution in [0, 0.1) is 13.8 Å². The van der Waals surface area contributed by atoms with E-state index in [-0.39, 0.29) is 5.54 Å². The molecule has 1 aliphatic rings. The van der Waals surface area contributed by atoms with E-state index in [0.717, 1.165) is 32.6 Å². The van der Waals surface area contributed by atoms with Crippen molar-refractivity contribution in [2.24, 2.45) is 7.05 Å². The summed E-state index contributed by atoms with van der Waals surface area (Å²) < 4.78 is 2.29.